The summed E-state index contributed by atoms with van der Waals surface area (Å²) in [6.07, 6.45) is -0.590. The van der Waals surface area contributed by atoms with Gasteiger partial charge in [-0.3, -0.25) is 4.90 Å². The second kappa shape index (κ2) is 5.02. The van der Waals surface area contributed by atoms with Crippen LogP contribution in [0, 0.1) is 0 Å². The molecule has 1 saturated heterocycles. The normalized spacial score (nSPS) is 18.6. The first-order valence-corrected chi connectivity index (χ1v) is 6.37. The minimum atomic E-state index is -0.356. The lowest BCUT2D eigenvalue weighted by atomic mass is 10.1. The van der Waals surface area contributed by atoms with Crippen molar-refractivity contribution in [2.45, 2.75) is 6.10 Å². The minimum Gasteiger partial charge on any atom is -0.508 e. The van der Waals surface area contributed by atoms with E-state index >= 15 is 0 Å². The van der Waals surface area contributed by atoms with Crippen molar-refractivity contribution < 1.29 is 19.4 Å². The van der Waals surface area contributed by atoms with Crippen LogP contribution in [0.3, 0.4) is 0 Å². The zero-order chi connectivity index (χ0) is 14.1. The number of phenolic OH excluding ortho intramolecular Hbond substituents is 1. The molecule has 1 N–H and O–H groups in total. The van der Waals surface area contributed by atoms with Crippen molar-refractivity contribution in [3.63, 3.8) is 0 Å². The van der Waals surface area contributed by atoms with Crippen molar-refractivity contribution in [1.29, 1.82) is 0 Å². The van der Waals surface area contributed by atoms with E-state index in [1.807, 2.05) is 24.3 Å². The summed E-state index contributed by atoms with van der Waals surface area (Å²) in [6, 6.07) is 10.8. The van der Waals surface area contributed by atoms with E-state index < -0.39 is 0 Å². The van der Waals surface area contributed by atoms with Gasteiger partial charge >= 0.3 is 6.09 Å². The molecular weight excluding hydrogens is 258 g/mol. The van der Waals surface area contributed by atoms with Gasteiger partial charge in [0.2, 0.25) is 0 Å². The third kappa shape index (κ3) is 2.28. The topological polar surface area (TPSA) is 59.0 Å². The van der Waals surface area contributed by atoms with E-state index in [1.165, 1.54) is 0 Å². The summed E-state index contributed by atoms with van der Waals surface area (Å²) >= 11 is 0. The number of hydrogen-bond donors (Lipinski definition) is 1. The van der Waals surface area contributed by atoms with Crippen molar-refractivity contribution >= 4 is 22.6 Å². The van der Waals surface area contributed by atoms with E-state index in [1.54, 1.807) is 24.1 Å². The number of fused-ring (bicyclic) bond motifs is 1. The lowest BCUT2D eigenvalue weighted by Gasteiger charge is -2.13. The number of rotatable bonds is 3. The van der Waals surface area contributed by atoms with E-state index in [0.29, 0.717) is 13.2 Å². The van der Waals surface area contributed by atoms with Gasteiger partial charge in [0.05, 0.1) is 13.2 Å². The van der Waals surface area contributed by atoms with Crippen LogP contribution in [0.25, 0.3) is 10.8 Å². The average molecular weight is 273 g/mol. The molecule has 1 amide bonds. The Morgan fingerprint density at radius 2 is 2.05 bits per heavy atom. The Morgan fingerprint density at radius 1 is 1.30 bits per heavy atom. The third-order valence-corrected chi connectivity index (χ3v) is 3.35. The monoisotopic (exact) mass is 273 g/mol. The summed E-state index contributed by atoms with van der Waals surface area (Å²) < 4.78 is 10.2. The summed E-state index contributed by atoms with van der Waals surface area (Å²) in [5.41, 5.74) is 0.784. The lowest BCUT2D eigenvalue weighted by Crippen LogP contribution is -2.25. The molecule has 0 unspecified atom stereocenters. The van der Waals surface area contributed by atoms with Gasteiger partial charge in [0.15, 0.2) is 0 Å². The lowest BCUT2D eigenvalue weighted by molar-refractivity contribution is 0.0718. The number of hydrogen-bond acceptors (Lipinski definition) is 4. The van der Waals surface area contributed by atoms with Crippen molar-refractivity contribution in [2.24, 2.45) is 0 Å². The molecule has 1 fully saturated rings. The molecule has 0 radical (unpaired) electrons. The third-order valence-electron chi connectivity index (χ3n) is 3.35. The second-order valence-corrected chi connectivity index (χ2v) is 4.79. The summed E-state index contributed by atoms with van der Waals surface area (Å²) in [4.78, 5) is 13.5. The van der Waals surface area contributed by atoms with Crippen LogP contribution in [0.2, 0.25) is 0 Å². The molecule has 0 bridgehead atoms. The smallest absolute Gasteiger partial charge is 0.414 e. The number of methoxy groups -OCH3 is 1. The number of anilines is 1. The van der Waals surface area contributed by atoms with E-state index in [-0.39, 0.29) is 17.9 Å². The highest BCUT2D eigenvalue weighted by Crippen LogP contribution is 2.27. The van der Waals surface area contributed by atoms with Crippen LogP contribution in [-0.2, 0) is 9.47 Å². The van der Waals surface area contributed by atoms with Gasteiger partial charge in [-0.25, -0.2) is 4.79 Å². The highest BCUT2D eigenvalue weighted by Gasteiger charge is 2.32. The first-order chi connectivity index (χ1) is 9.67. The molecule has 5 nitrogen and oxygen atoms in total. The molecule has 3 rings (SSSR count). The number of benzene rings is 2. The molecule has 0 spiro atoms. The molecule has 20 heavy (non-hydrogen) atoms. The summed E-state index contributed by atoms with van der Waals surface area (Å²) in [6.45, 7) is 0.875. The highest BCUT2D eigenvalue weighted by molar-refractivity contribution is 5.94. The van der Waals surface area contributed by atoms with Crippen molar-refractivity contribution in [3.05, 3.63) is 36.4 Å². The van der Waals surface area contributed by atoms with Gasteiger partial charge in [-0.15, -0.1) is 0 Å². The number of aromatic hydroxyl groups is 1. The zero-order valence-electron chi connectivity index (χ0n) is 11.1. The van der Waals surface area contributed by atoms with Gasteiger partial charge in [-0.1, -0.05) is 12.1 Å². The maximum Gasteiger partial charge on any atom is 0.414 e. The fraction of sp³-hybridized carbons (Fsp3) is 0.267. The molecule has 1 aliphatic rings. The Morgan fingerprint density at radius 3 is 2.85 bits per heavy atom. The van der Waals surface area contributed by atoms with Crippen molar-refractivity contribution in [1.82, 2.24) is 0 Å². The van der Waals surface area contributed by atoms with E-state index in [4.69, 9.17) is 9.47 Å². The summed E-state index contributed by atoms with van der Waals surface area (Å²) in [5, 5.41) is 11.3. The quantitative estimate of drug-likeness (QED) is 0.933. The fourth-order valence-electron chi connectivity index (χ4n) is 2.39. The van der Waals surface area contributed by atoms with Crippen LogP contribution in [0.5, 0.6) is 5.75 Å². The van der Waals surface area contributed by atoms with Crippen molar-refractivity contribution in [2.75, 3.05) is 25.2 Å². The first-order valence-electron chi connectivity index (χ1n) is 6.37. The Labute approximate surface area is 116 Å². The molecule has 5 heteroatoms. The molecule has 1 atom stereocenters. The number of carbonyl (C=O) groups excluding carboxylic acids is 1. The summed E-state index contributed by atoms with van der Waals surface area (Å²) in [7, 11) is 1.58. The number of phenols is 1. The SMILES string of the molecule is COC[C@@H]1CN(c2ccc3cc(O)ccc3c2)C(=O)O1. The van der Waals surface area contributed by atoms with Crippen LogP contribution in [0.1, 0.15) is 0 Å². The van der Waals surface area contributed by atoms with Gasteiger partial charge in [-0.05, 0) is 35.0 Å². The number of ether oxygens (including phenoxy) is 2. The molecule has 0 aromatic heterocycles. The maximum atomic E-state index is 11.9. The number of amides is 1. The Hall–Kier alpha value is -2.27. The van der Waals surface area contributed by atoms with Crippen LogP contribution < -0.4 is 4.90 Å². The first kappa shape index (κ1) is 12.7. The molecule has 104 valence electrons. The van der Waals surface area contributed by atoms with Crippen LogP contribution in [-0.4, -0.2) is 37.6 Å². The van der Waals surface area contributed by atoms with Gasteiger partial charge < -0.3 is 14.6 Å². The molecule has 0 saturated carbocycles. The molecule has 2 aromatic carbocycles. The molecule has 0 aliphatic carbocycles. The molecule has 1 aliphatic heterocycles. The van der Waals surface area contributed by atoms with Gasteiger partial charge in [0.1, 0.15) is 11.9 Å². The average Bonchev–Trinajstić information content (AvgIpc) is 2.79. The van der Waals surface area contributed by atoms with Gasteiger partial charge in [-0.2, -0.15) is 0 Å². The number of cyclic esters (lactones) is 1. The van der Waals surface area contributed by atoms with E-state index in [2.05, 4.69) is 0 Å². The molecular formula is C15H15NO4. The Bertz CT molecular complexity index is 655. The van der Waals surface area contributed by atoms with E-state index in [0.717, 1.165) is 16.5 Å². The maximum absolute atomic E-state index is 11.9. The highest BCUT2D eigenvalue weighted by atomic mass is 16.6. The largest absolute Gasteiger partial charge is 0.508 e. The fourth-order valence-corrected chi connectivity index (χ4v) is 2.39. The van der Waals surface area contributed by atoms with Gasteiger partial charge in [0.25, 0.3) is 0 Å². The van der Waals surface area contributed by atoms with Crippen LogP contribution >= 0.6 is 0 Å². The van der Waals surface area contributed by atoms with Crippen molar-refractivity contribution in [3.8, 4) is 5.75 Å². The molecule has 2 aromatic rings. The standard InChI is InChI=1S/C15H15NO4/c1-19-9-14-8-16(15(18)20-14)12-4-2-11-7-13(17)5-3-10(11)6-12/h2-7,14,17H,8-9H2,1H3/t14-/m0/s1. The number of carbonyl (C=O) groups is 1. The molecule has 1 heterocycles. The minimum absolute atomic E-state index is 0.228. The predicted molar refractivity (Wildman–Crippen MR) is 75.1 cm³/mol. The Kier molecular flexibility index (Phi) is 3.20. The predicted octanol–water partition coefficient (Wildman–Crippen LogP) is 2.52. The Balaban J connectivity index is 1.90. The van der Waals surface area contributed by atoms with E-state index in [9.17, 15) is 9.90 Å². The number of nitrogens with zero attached hydrogens (tertiary/aromatic N) is 1. The second-order valence-electron chi connectivity index (χ2n) is 4.79. The van der Waals surface area contributed by atoms with Gasteiger partial charge in [0, 0.05) is 12.8 Å². The zero-order valence-corrected chi connectivity index (χ0v) is 11.1. The van der Waals surface area contributed by atoms with Crippen LogP contribution in [0.15, 0.2) is 36.4 Å². The summed E-state index contributed by atoms with van der Waals surface area (Å²) in [5.74, 6) is 0.228. The van der Waals surface area contributed by atoms with Crippen LogP contribution in [0.4, 0.5) is 10.5 Å².